The van der Waals surface area contributed by atoms with Crippen molar-refractivity contribution in [2.45, 2.75) is 59.5 Å². The average Bonchev–Trinajstić information content (AvgIpc) is 3.11. The highest BCUT2D eigenvalue weighted by atomic mass is 16.5. The van der Waals surface area contributed by atoms with Crippen molar-refractivity contribution in [3.8, 4) is 5.75 Å². The summed E-state index contributed by atoms with van der Waals surface area (Å²) in [7, 11) is 0. The van der Waals surface area contributed by atoms with Gasteiger partial charge in [-0.05, 0) is 57.9 Å². The Kier molecular flexibility index (Phi) is 5.96. The number of fused-ring (bicyclic) bond motifs is 1. The van der Waals surface area contributed by atoms with E-state index in [-0.39, 0.29) is 29.5 Å². The summed E-state index contributed by atoms with van der Waals surface area (Å²) in [5.41, 5.74) is 1.13. The summed E-state index contributed by atoms with van der Waals surface area (Å²) in [6, 6.07) is 7.09. The highest BCUT2D eigenvalue weighted by molar-refractivity contribution is 5.90. The topological polar surface area (TPSA) is 91.0 Å². The molecule has 3 rings (SSSR count). The summed E-state index contributed by atoms with van der Waals surface area (Å²) < 4.78 is 8.34. The maximum absolute atomic E-state index is 13.2. The normalized spacial score (nSPS) is 11.8. The van der Waals surface area contributed by atoms with Gasteiger partial charge in [0.1, 0.15) is 17.8 Å². The number of benzene rings is 1. The summed E-state index contributed by atoms with van der Waals surface area (Å²) in [6.45, 7) is 12.3. The molecule has 3 aromatic rings. The van der Waals surface area contributed by atoms with Crippen molar-refractivity contribution in [1.82, 2.24) is 19.6 Å². The molecule has 1 aromatic carbocycles. The van der Waals surface area contributed by atoms with Crippen molar-refractivity contribution in [2.24, 2.45) is 0 Å². The lowest BCUT2D eigenvalue weighted by Crippen LogP contribution is -2.34. The number of carbonyl (C=O) groups is 1. The third kappa shape index (κ3) is 4.37. The monoisotopic (exact) mass is 411 g/mol. The van der Waals surface area contributed by atoms with Gasteiger partial charge >= 0.3 is 0 Å². The van der Waals surface area contributed by atoms with Crippen LogP contribution >= 0.6 is 0 Å². The number of nitrogens with zero attached hydrogens (tertiary/aromatic N) is 4. The van der Waals surface area contributed by atoms with Crippen LogP contribution in [0, 0.1) is 0 Å². The number of anilines is 1. The molecule has 8 nitrogen and oxygen atoms in total. The number of ether oxygens (including phenoxy) is 1. The summed E-state index contributed by atoms with van der Waals surface area (Å²) in [6.07, 6.45) is 1.69. The molecule has 0 fully saturated rings. The van der Waals surface area contributed by atoms with Gasteiger partial charge in [-0.15, -0.1) is 0 Å². The fraction of sp³-hybridized carbons (Fsp3) is 0.455. The predicted octanol–water partition coefficient (Wildman–Crippen LogP) is 3.51. The zero-order valence-electron chi connectivity index (χ0n) is 18.4. The maximum atomic E-state index is 13.2. The van der Waals surface area contributed by atoms with Crippen LogP contribution in [0.1, 0.15) is 53.2 Å². The highest BCUT2D eigenvalue weighted by Crippen LogP contribution is 2.24. The molecule has 0 saturated heterocycles. The number of hydrogen-bond acceptors (Lipinski definition) is 5. The molecule has 0 atom stereocenters. The number of amides is 1. The second-order valence-corrected chi connectivity index (χ2v) is 8.50. The number of aromatic nitrogens is 4. The first-order valence-electron chi connectivity index (χ1n) is 10.1. The zero-order chi connectivity index (χ0) is 22.1. The minimum absolute atomic E-state index is 0.0751. The van der Waals surface area contributed by atoms with Crippen LogP contribution in [0.2, 0.25) is 0 Å². The van der Waals surface area contributed by atoms with Crippen LogP contribution in [0.15, 0.2) is 35.3 Å². The summed E-state index contributed by atoms with van der Waals surface area (Å²) in [5.74, 6) is 0.478. The van der Waals surface area contributed by atoms with E-state index < -0.39 is 0 Å². The fourth-order valence-electron chi connectivity index (χ4n) is 3.27. The largest absolute Gasteiger partial charge is 0.494 e. The van der Waals surface area contributed by atoms with E-state index in [0.29, 0.717) is 17.8 Å². The maximum Gasteiger partial charge on any atom is 0.293 e. The summed E-state index contributed by atoms with van der Waals surface area (Å²) in [5, 5.41) is 12.5. The Labute approximate surface area is 175 Å². The Hall–Kier alpha value is -3.16. The summed E-state index contributed by atoms with van der Waals surface area (Å²) in [4.78, 5) is 25.8. The Morgan fingerprint density at radius 1 is 1.20 bits per heavy atom. The molecule has 0 spiro atoms. The Balaban J connectivity index is 1.94. The van der Waals surface area contributed by atoms with Crippen molar-refractivity contribution < 1.29 is 9.53 Å². The Morgan fingerprint density at radius 3 is 2.43 bits per heavy atom. The second-order valence-electron chi connectivity index (χ2n) is 8.50. The quantitative estimate of drug-likeness (QED) is 0.670. The van der Waals surface area contributed by atoms with Crippen LogP contribution in [0.3, 0.4) is 0 Å². The molecular weight excluding hydrogens is 382 g/mol. The molecule has 2 aromatic heterocycles. The molecule has 0 aliphatic carbocycles. The first-order valence-corrected chi connectivity index (χ1v) is 10.1. The molecule has 1 amide bonds. The number of nitrogens with one attached hydrogen (secondary N) is 1. The van der Waals surface area contributed by atoms with Crippen LogP contribution < -0.4 is 15.6 Å². The van der Waals surface area contributed by atoms with E-state index in [0.717, 1.165) is 16.8 Å². The Morgan fingerprint density at radius 2 is 1.87 bits per heavy atom. The van der Waals surface area contributed by atoms with Gasteiger partial charge in [-0.25, -0.2) is 4.68 Å². The first kappa shape index (κ1) is 21.5. The lowest BCUT2D eigenvalue weighted by atomic mass is 10.1. The minimum atomic E-state index is -0.376. The van der Waals surface area contributed by atoms with E-state index in [2.05, 4.69) is 15.5 Å². The van der Waals surface area contributed by atoms with Gasteiger partial charge in [-0.1, -0.05) is 13.8 Å². The van der Waals surface area contributed by atoms with Crippen LogP contribution in [-0.4, -0.2) is 32.1 Å². The van der Waals surface area contributed by atoms with Gasteiger partial charge < -0.3 is 10.1 Å². The van der Waals surface area contributed by atoms with Gasteiger partial charge in [0.25, 0.3) is 5.56 Å². The zero-order valence-corrected chi connectivity index (χ0v) is 18.4. The molecule has 2 heterocycles. The predicted molar refractivity (Wildman–Crippen MR) is 117 cm³/mol. The van der Waals surface area contributed by atoms with E-state index in [1.165, 1.54) is 4.68 Å². The molecule has 160 valence electrons. The molecule has 0 radical (unpaired) electrons. The van der Waals surface area contributed by atoms with Gasteiger partial charge in [0.2, 0.25) is 5.91 Å². The number of carbonyl (C=O) groups excluding carboxylic acids is 1. The van der Waals surface area contributed by atoms with Crippen LogP contribution in [-0.2, 0) is 16.9 Å². The standard InChI is InChI=1S/C22H29N5O3/c1-7-30-16-10-8-15(9-11-16)24-18(28)13-26-21(29)20-17(19(25-26)14(2)3)12-23-27(20)22(4,5)6/h8-12,14H,7,13H2,1-6H3,(H,24,28). The molecule has 0 aliphatic heterocycles. The van der Waals surface area contributed by atoms with Crippen molar-refractivity contribution in [2.75, 3.05) is 11.9 Å². The smallest absolute Gasteiger partial charge is 0.293 e. The molecule has 0 aliphatic rings. The van der Waals surface area contributed by atoms with E-state index in [4.69, 9.17) is 4.74 Å². The van der Waals surface area contributed by atoms with E-state index in [9.17, 15) is 9.59 Å². The fourth-order valence-corrected chi connectivity index (χ4v) is 3.27. The van der Waals surface area contributed by atoms with Crippen molar-refractivity contribution in [3.63, 3.8) is 0 Å². The lowest BCUT2D eigenvalue weighted by molar-refractivity contribution is -0.117. The average molecular weight is 412 g/mol. The third-order valence-electron chi connectivity index (χ3n) is 4.64. The van der Waals surface area contributed by atoms with Crippen LogP contribution in [0.5, 0.6) is 5.75 Å². The molecule has 30 heavy (non-hydrogen) atoms. The van der Waals surface area contributed by atoms with E-state index in [1.807, 2.05) is 41.5 Å². The van der Waals surface area contributed by atoms with E-state index in [1.54, 1.807) is 35.1 Å². The van der Waals surface area contributed by atoms with Gasteiger partial charge in [0.15, 0.2) is 0 Å². The van der Waals surface area contributed by atoms with Gasteiger partial charge in [0.05, 0.1) is 24.0 Å². The van der Waals surface area contributed by atoms with Crippen LogP contribution in [0.25, 0.3) is 10.9 Å². The van der Waals surface area contributed by atoms with Gasteiger partial charge in [-0.3, -0.25) is 14.3 Å². The second kappa shape index (κ2) is 8.30. The molecule has 8 heteroatoms. The van der Waals surface area contributed by atoms with Crippen LogP contribution in [0.4, 0.5) is 5.69 Å². The van der Waals surface area contributed by atoms with Crippen molar-refractivity contribution >= 4 is 22.5 Å². The number of rotatable bonds is 6. The van der Waals surface area contributed by atoms with Crippen molar-refractivity contribution in [3.05, 3.63) is 46.5 Å². The lowest BCUT2D eigenvalue weighted by Gasteiger charge is -2.21. The van der Waals surface area contributed by atoms with E-state index >= 15 is 0 Å². The summed E-state index contributed by atoms with van der Waals surface area (Å²) >= 11 is 0. The minimum Gasteiger partial charge on any atom is -0.494 e. The Bertz CT molecular complexity index is 1100. The number of hydrogen-bond donors (Lipinski definition) is 1. The third-order valence-corrected chi connectivity index (χ3v) is 4.64. The first-order chi connectivity index (χ1) is 14.1. The van der Waals surface area contributed by atoms with Crippen molar-refractivity contribution in [1.29, 1.82) is 0 Å². The molecule has 0 bridgehead atoms. The highest BCUT2D eigenvalue weighted by Gasteiger charge is 2.24. The SMILES string of the molecule is CCOc1ccc(NC(=O)Cn2nc(C(C)C)c3cnn(C(C)(C)C)c3c2=O)cc1. The molecule has 1 N–H and O–H groups in total. The molecule has 0 saturated carbocycles. The molecule has 0 unspecified atom stereocenters. The molecular formula is C22H29N5O3. The van der Waals surface area contributed by atoms with Gasteiger partial charge in [-0.2, -0.15) is 10.2 Å². The van der Waals surface area contributed by atoms with Gasteiger partial charge in [0, 0.05) is 11.1 Å².